The normalized spacial score (nSPS) is 14.0. The molecule has 4 unspecified atom stereocenters. The molecule has 0 saturated heterocycles. The van der Waals surface area contributed by atoms with Crippen LogP contribution in [-0.2, 0) is 24.0 Å². The zero-order chi connectivity index (χ0) is 27.0. The standard InChI is InChI=1S/C19H36N8O6S2/c1-35-8-6-10(20)15(29)27-13(9-34)17(31)25-11(4-5-14(21)28)16(30)26-12(18(32)33)3-2-7-24-19(22)23/h10-13,34H,2-9,20H2,1H3,(H2,21,28)(H,25,31)(H,26,30)(H,27,29)(H,32,33)(H4,22,23,24). The van der Waals surface area contributed by atoms with Crippen LogP contribution in [0.25, 0.3) is 0 Å². The third-order valence-electron chi connectivity index (χ3n) is 4.66. The van der Waals surface area contributed by atoms with Gasteiger partial charge in [0.15, 0.2) is 5.96 Å². The van der Waals surface area contributed by atoms with Crippen LogP contribution in [0.3, 0.4) is 0 Å². The number of carbonyl (C=O) groups is 5. The van der Waals surface area contributed by atoms with E-state index in [1.54, 1.807) is 0 Å². The van der Waals surface area contributed by atoms with Crippen molar-refractivity contribution in [3.8, 4) is 0 Å². The maximum atomic E-state index is 12.8. The fourth-order valence-corrected chi connectivity index (χ4v) is 3.46. The number of hydrogen-bond acceptors (Lipinski definition) is 9. The Balaban J connectivity index is 5.29. The minimum atomic E-state index is -1.30. The van der Waals surface area contributed by atoms with Crippen molar-refractivity contribution in [2.75, 3.05) is 24.3 Å². The number of primary amides is 1. The number of nitrogens with one attached hydrogen (secondary N) is 3. The number of amides is 4. The van der Waals surface area contributed by atoms with Gasteiger partial charge in [-0.25, -0.2) is 4.79 Å². The van der Waals surface area contributed by atoms with Crippen molar-refractivity contribution < 1.29 is 29.1 Å². The lowest BCUT2D eigenvalue weighted by atomic mass is 10.1. The molecule has 0 spiro atoms. The van der Waals surface area contributed by atoms with Crippen molar-refractivity contribution in [3.05, 3.63) is 0 Å². The van der Waals surface area contributed by atoms with Gasteiger partial charge in [-0.15, -0.1) is 0 Å². The summed E-state index contributed by atoms with van der Waals surface area (Å²) in [5.41, 5.74) is 21.4. The second kappa shape index (κ2) is 17.7. The number of thioether (sulfide) groups is 1. The van der Waals surface area contributed by atoms with Crippen molar-refractivity contribution >= 4 is 59.9 Å². The number of guanidine groups is 1. The highest BCUT2D eigenvalue weighted by atomic mass is 32.2. The molecule has 0 rings (SSSR count). The molecule has 0 aliphatic heterocycles. The molecule has 16 heteroatoms. The van der Waals surface area contributed by atoms with Crippen molar-refractivity contribution in [1.29, 1.82) is 0 Å². The van der Waals surface area contributed by atoms with Crippen LogP contribution in [0.5, 0.6) is 0 Å². The van der Waals surface area contributed by atoms with Crippen LogP contribution in [0, 0.1) is 0 Å². The van der Waals surface area contributed by atoms with Crippen LogP contribution in [0.15, 0.2) is 4.99 Å². The minimum Gasteiger partial charge on any atom is -0.480 e. The lowest BCUT2D eigenvalue weighted by Gasteiger charge is -2.24. The van der Waals surface area contributed by atoms with E-state index in [0.29, 0.717) is 12.2 Å². The first-order chi connectivity index (χ1) is 16.4. The number of nitrogens with two attached hydrogens (primary N) is 4. The molecule has 0 fully saturated rings. The largest absolute Gasteiger partial charge is 0.480 e. The van der Waals surface area contributed by atoms with Crippen molar-refractivity contribution in [2.45, 2.75) is 56.3 Å². The van der Waals surface area contributed by atoms with Gasteiger partial charge in [0.2, 0.25) is 23.6 Å². The number of aliphatic imine (C=N–C) groups is 1. The molecule has 0 aliphatic rings. The maximum Gasteiger partial charge on any atom is 0.326 e. The third kappa shape index (κ3) is 14.3. The Hall–Kier alpha value is -2.72. The van der Waals surface area contributed by atoms with E-state index in [1.165, 1.54) is 11.8 Å². The van der Waals surface area contributed by atoms with E-state index in [0.717, 1.165) is 0 Å². The highest BCUT2D eigenvalue weighted by molar-refractivity contribution is 7.98. The molecule has 14 nitrogen and oxygen atoms in total. The third-order valence-corrected chi connectivity index (χ3v) is 5.67. The highest BCUT2D eigenvalue weighted by Gasteiger charge is 2.30. The average molecular weight is 537 g/mol. The van der Waals surface area contributed by atoms with Gasteiger partial charge in [-0.1, -0.05) is 0 Å². The molecule has 4 atom stereocenters. The van der Waals surface area contributed by atoms with E-state index in [2.05, 4.69) is 33.6 Å². The molecule has 0 aliphatic carbocycles. The number of nitrogens with zero attached hydrogens (tertiary/aromatic N) is 1. The summed E-state index contributed by atoms with van der Waals surface area (Å²) >= 11 is 5.59. The fraction of sp³-hybridized carbons (Fsp3) is 0.684. The Bertz CT molecular complexity index is 766. The summed E-state index contributed by atoms with van der Waals surface area (Å²) < 4.78 is 0. The zero-order valence-corrected chi connectivity index (χ0v) is 21.3. The topological polar surface area (TPSA) is 258 Å². The second-order valence-corrected chi connectivity index (χ2v) is 8.90. The number of carboxylic acids is 1. The Morgan fingerprint density at radius 1 is 0.914 bits per heavy atom. The lowest BCUT2D eigenvalue weighted by Crippen LogP contribution is -2.57. The quantitative estimate of drug-likeness (QED) is 0.0368. The summed E-state index contributed by atoms with van der Waals surface area (Å²) in [6.07, 6.45) is 2.10. The van der Waals surface area contributed by atoms with Crippen LogP contribution < -0.4 is 38.9 Å². The van der Waals surface area contributed by atoms with Crippen LogP contribution in [0.2, 0.25) is 0 Å². The first-order valence-electron chi connectivity index (χ1n) is 10.8. The molecule has 200 valence electrons. The fourth-order valence-electron chi connectivity index (χ4n) is 2.71. The van der Waals surface area contributed by atoms with E-state index in [1.807, 2.05) is 6.26 Å². The molecule has 0 aromatic rings. The minimum absolute atomic E-state index is 0.0115. The molecule has 0 saturated carbocycles. The van der Waals surface area contributed by atoms with Crippen molar-refractivity contribution in [1.82, 2.24) is 16.0 Å². The van der Waals surface area contributed by atoms with Crippen LogP contribution in [0.1, 0.15) is 32.1 Å². The Morgan fingerprint density at radius 3 is 2.00 bits per heavy atom. The SMILES string of the molecule is CSCCC(N)C(=O)NC(CS)C(=O)NC(CCC(N)=O)C(=O)NC(CCCN=C(N)N)C(=O)O. The van der Waals surface area contributed by atoms with Gasteiger partial charge in [0.05, 0.1) is 6.04 Å². The van der Waals surface area contributed by atoms with Gasteiger partial charge in [-0.2, -0.15) is 24.4 Å². The summed E-state index contributed by atoms with van der Waals surface area (Å²) in [7, 11) is 0. The lowest BCUT2D eigenvalue weighted by molar-refractivity contribution is -0.142. The predicted molar refractivity (Wildman–Crippen MR) is 137 cm³/mol. The summed E-state index contributed by atoms with van der Waals surface area (Å²) in [5, 5.41) is 16.6. The van der Waals surface area contributed by atoms with E-state index < -0.39 is 53.8 Å². The molecule has 0 radical (unpaired) electrons. The first-order valence-corrected chi connectivity index (χ1v) is 12.8. The van der Waals surface area contributed by atoms with E-state index in [4.69, 9.17) is 22.9 Å². The van der Waals surface area contributed by atoms with E-state index in [9.17, 15) is 29.1 Å². The van der Waals surface area contributed by atoms with Crippen molar-refractivity contribution in [3.63, 3.8) is 0 Å². The molecule has 0 aromatic heterocycles. The Kier molecular flexibility index (Phi) is 16.3. The number of hydrogen-bond donors (Lipinski definition) is 9. The second-order valence-electron chi connectivity index (χ2n) is 7.55. The predicted octanol–water partition coefficient (Wildman–Crippen LogP) is -3.15. The van der Waals surface area contributed by atoms with Gasteiger partial charge in [0, 0.05) is 18.7 Å². The van der Waals surface area contributed by atoms with Gasteiger partial charge < -0.3 is 44.0 Å². The van der Waals surface area contributed by atoms with E-state index in [-0.39, 0.29) is 43.9 Å². The van der Waals surface area contributed by atoms with Gasteiger partial charge in [-0.3, -0.25) is 24.2 Å². The zero-order valence-electron chi connectivity index (χ0n) is 19.6. The summed E-state index contributed by atoms with van der Waals surface area (Å²) in [6, 6.07) is -4.54. The average Bonchev–Trinajstić information content (AvgIpc) is 2.79. The molecule has 0 aromatic carbocycles. The first kappa shape index (κ1) is 32.3. The molecular weight excluding hydrogens is 500 g/mol. The Morgan fingerprint density at radius 2 is 1.49 bits per heavy atom. The van der Waals surface area contributed by atoms with E-state index >= 15 is 0 Å². The maximum absolute atomic E-state index is 12.8. The van der Waals surface area contributed by atoms with Gasteiger partial charge >= 0.3 is 5.97 Å². The summed E-state index contributed by atoms with van der Waals surface area (Å²) in [6.45, 7) is 0.159. The number of rotatable bonds is 18. The number of carboxylic acid groups (broad SMARTS) is 1. The molecular formula is C19H36N8O6S2. The van der Waals surface area contributed by atoms with Crippen LogP contribution >= 0.6 is 24.4 Å². The molecule has 35 heavy (non-hydrogen) atoms. The molecule has 12 N–H and O–H groups in total. The van der Waals surface area contributed by atoms with Gasteiger partial charge in [0.25, 0.3) is 0 Å². The summed E-state index contributed by atoms with van der Waals surface area (Å²) in [5.74, 6) is -3.77. The van der Waals surface area contributed by atoms with Crippen LogP contribution in [-0.4, -0.2) is 89.1 Å². The van der Waals surface area contributed by atoms with Crippen LogP contribution in [0.4, 0.5) is 0 Å². The molecule has 0 heterocycles. The smallest absolute Gasteiger partial charge is 0.326 e. The van der Waals surface area contributed by atoms with Gasteiger partial charge in [-0.05, 0) is 37.7 Å². The highest BCUT2D eigenvalue weighted by Crippen LogP contribution is 2.05. The molecule has 0 bridgehead atoms. The number of thiol groups is 1. The Labute approximate surface area is 213 Å². The number of aliphatic carboxylic acids is 1. The molecule has 4 amide bonds. The number of carbonyl (C=O) groups excluding carboxylic acids is 4. The van der Waals surface area contributed by atoms with Gasteiger partial charge in [0.1, 0.15) is 18.1 Å². The summed E-state index contributed by atoms with van der Waals surface area (Å²) in [4.78, 5) is 64.3. The monoisotopic (exact) mass is 536 g/mol. The van der Waals surface area contributed by atoms with Crippen molar-refractivity contribution in [2.24, 2.45) is 27.9 Å².